The summed E-state index contributed by atoms with van der Waals surface area (Å²) < 4.78 is 25.1. The molecule has 0 atom stereocenters. The Kier molecular flexibility index (Phi) is 2.20. The van der Waals surface area contributed by atoms with Crippen LogP contribution in [0.5, 0.6) is 0 Å². The number of carbonyl (C=O) groups excluding carboxylic acids is 2. The minimum Gasteiger partial charge on any atom is -0.444 e. The zero-order chi connectivity index (χ0) is 12.3. The number of hydrogen-bond acceptors (Lipinski definition) is 3. The minimum absolute atomic E-state index is 0.550. The van der Waals surface area contributed by atoms with Gasteiger partial charge in [-0.25, -0.2) is 4.79 Å². The quantitative estimate of drug-likeness (QED) is 0.685. The molecular formula is C8H15NO3. The monoisotopic (exact) mass is 176 g/mol. The number of ether oxygens (including phenoxy) is 1. The molecule has 0 rings (SSSR count). The molecule has 0 aliphatic carbocycles. The summed E-state index contributed by atoms with van der Waals surface area (Å²) in [5.41, 5.74) is -0.673. The standard InChI is InChI=1S/C8H15NO3/c1-6(10)5-9-7(11)12-8(2,3)4/h5H2,1-4H3,(H,9,11)/i1D3. The number of rotatable bonds is 2. The van der Waals surface area contributed by atoms with E-state index in [4.69, 9.17) is 8.85 Å². The van der Waals surface area contributed by atoms with Crippen LogP contribution in [0, 0.1) is 0 Å². The fourth-order valence-corrected chi connectivity index (χ4v) is 0.467. The average molecular weight is 176 g/mol. The van der Waals surface area contributed by atoms with Crippen LogP contribution >= 0.6 is 0 Å². The van der Waals surface area contributed by atoms with Crippen molar-refractivity contribution in [2.24, 2.45) is 0 Å². The van der Waals surface area contributed by atoms with E-state index in [2.05, 4.69) is 5.32 Å². The third kappa shape index (κ3) is 7.05. The second kappa shape index (κ2) is 4.09. The second-order valence-corrected chi connectivity index (χ2v) is 3.28. The molecule has 0 aliphatic rings. The van der Waals surface area contributed by atoms with Gasteiger partial charge in [-0.15, -0.1) is 0 Å². The summed E-state index contributed by atoms with van der Waals surface area (Å²) in [6, 6.07) is 0. The fraction of sp³-hybridized carbons (Fsp3) is 0.750. The van der Waals surface area contributed by atoms with Gasteiger partial charge in [0.1, 0.15) is 11.4 Å². The summed E-state index contributed by atoms with van der Waals surface area (Å²) in [5.74, 6) is -1.02. The summed E-state index contributed by atoms with van der Waals surface area (Å²) in [7, 11) is 0. The maximum absolute atomic E-state index is 11.0. The molecule has 4 heteroatoms. The summed E-state index contributed by atoms with van der Waals surface area (Å²) >= 11 is 0. The fourth-order valence-electron chi connectivity index (χ4n) is 0.467. The lowest BCUT2D eigenvalue weighted by Gasteiger charge is -2.19. The Morgan fingerprint density at radius 3 is 2.50 bits per heavy atom. The number of Topliss-reactive ketones (excluding diaryl/α,β-unsaturated/α-hetero) is 1. The first-order valence-corrected chi connectivity index (χ1v) is 3.52. The van der Waals surface area contributed by atoms with Crippen molar-refractivity contribution < 1.29 is 18.4 Å². The van der Waals surface area contributed by atoms with Crippen molar-refractivity contribution in [3.05, 3.63) is 0 Å². The molecule has 0 saturated heterocycles. The van der Waals surface area contributed by atoms with E-state index < -0.39 is 30.9 Å². The van der Waals surface area contributed by atoms with Crippen LogP contribution in [0.4, 0.5) is 4.79 Å². The van der Waals surface area contributed by atoms with E-state index in [0.29, 0.717) is 0 Å². The Morgan fingerprint density at radius 1 is 1.50 bits per heavy atom. The molecule has 1 N–H and O–H groups in total. The Morgan fingerprint density at radius 2 is 2.08 bits per heavy atom. The van der Waals surface area contributed by atoms with Crippen LogP contribution in [-0.4, -0.2) is 24.0 Å². The molecular weight excluding hydrogens is 158 g/mol. The summed E-state index contributed by atoms with van der Waals surface area (Å²) in [6.07, 6.45) is -0.805. The van der Waals surface area contributed by atoms with Crippen molar-refractivity contribution in [2.75, 3.05) is 6.54 Å². The van der Waals surface area contributed by atoms with Crippen LogP contribution in [0.3, 0.4) is 0 Å². The van der Waals surface area contributed by atoms with E-state index >= 15 is 0 Å². The SMILES string of the molecule is [2H]C([2H])([2H])C(=O)CNC(=O)OC(C)(C)C. The van der Waals surface area contributed by atoms with E-state index in [1.807, 2.05) is 0 Å². The van der Waals surface area contributed by atoms with Crippen molar-refractivity contribution in [1.82, 2.24) is 5.32 Å². The second-order valence-electron chi connectivity index (χ2n) is 3.28. The van der Waals surface area contributed by atoms with Gasteiger partial charge in [0, 0.05) is 4.11 Å². The molecule has 0 unspecified atom stereocenters. The van der Waals surface area contributed by atoms with Gasteiger partial charge >= 0.3 is 6.09 Å². The van der Waals surface area contributed by atoms with E-state index in [-0.39, 0.29) is 0 Å². The number of ketones is 1. The first-order chi connectivity index (χ1) is 6.52. The first kappa shape index (κ1) is 6.46. The summed E-state index contributed by atoms with van der Waals surface area (Å²) in [6.45, 7) is 1.76. The van der Waals surface area contributed by atoms with Gasteiger partial charge in [0.2, 0.25) is 0 Å². The summed E-state index contributed by atoms with van der Waals surface area (Å²) in [4.78, 5) is 21.9. The predicted molar refractivity (Wildman–Crippen MR) is 44.9 cm³/mol. The average Bonchev–Trinajstić information content (AvgIpc) is 1.94. The Hall–Kier alpha value is -1.06. The molecule has 0 spiro atoms. The van der Waals surface area contributed by atoms with Crippen LogP contribution in [-0.2, 0) is 9.53 Å². The molecule has 0 aliphatic heterocycles. The third-order valence-electron chi connectivity index (χ3n) is 0.792. The lowest BCUT2D eigenvalue weighted by Crippen LogP contribution is -2.34. The molecule has 1 amide bonds. The van der Waals surface area contributed by atoms with Gasteiger partial charge in [0.25, 0.3) is 0 Å². The van der Waals surface area contributed by atoms with Gasteiger partial charge in [-0.05, 0) is 27.6 Å². The van der Waals surface area contributed by atoms with E-state index in [0.717, 1.165) is 0 Å². The number of carbonyl (C=O) groups is 2. The lowest BCUT2D eigenvalue weighted by molar-refractivity contribution is -0.116. The highest BCUT2D eigenvalue weighted by Crippen LogP contribution is 2.05. The van der Waals surface area contributed by atoms with Gasteiger partial charge in [-0.3, -0.25) is 4.79 Å². The number of hydrogen-bond donors (Lipinski definition) is 1. The van der Waals surface area contributed by atoms with Crippen molar-refractivity contribution in [3.63, 3.8) is 0 Å². The zero-order valence-electron chi connectivity index (χ0n) is 10.4. The molecule has 0 aromatic rings. The van der Waals surface area contributed by atoms with Crippen molar-refractivity contribution in [1.29, 1.82) is 0 Å². The number of nitrogens with one attached hydrogen (secondary N) is 1. The lowest BCUT2D eigenvalue weighted by atomic mass is 10.2. The molecule has 0 fully saturated rings. The van der Waals surface area contributed by atoms with Gasteiger partial charge in [0.15, 0.2) is 0 Å². The van der Waals surface area contributed by atoms with E-state index in [1.54, 1.807) is 20.8 Å². The number of amides is 1. The van der Waals surface area contributed by atoms with Gasteiger partial charge in [-0.2, -0.15) is 0 Å². The van der Waals surface area contributed by atoms with Crippen molar-refractivity contribution in [3.8, 4) is 0 Å². The molecule has 70 valence electrons. The van der Waals surface area contributed by atoms with E-state index in [9.17, 15) is 9.59 Å². The highest BCUT2D eigenvalue weighted by molar-refractivity contribution is 5.81. The molecule has 0 saturated carbocycles. The molecule has 0 aromatic heterocycles. The highest BCUT2D eigenvalue weighted by atomic mass is 16.6. The topological polar surface area (TPSA) is 55.4 Å². The molecule has 0 aromatic carbocycles. The minimum atomic E-state index is -2.69. The summed E-state index contributed by atoms with van der Waals surface area (Å²) in [5, 5.41) is 2.07. The van der Waals surface area contributed by atoms with Gasteiger partial charge < -0.3 is 10.1 Å². The molecule has 0 heterocycles. The first-order valence-electron chi connectivity index (χ1n) is 5.02. The van der Waals surface area contributed by atoms with Crippen LogP contribution in [0.2, 0.25) is 0 Å². The molecule has 12 heavy (non-hydrogen) atoms. The Balaban J connectivity index is 3.98. The van der Waals surface area contributed by atoms with Crippen molar-refractivity contribution >= 4 is 11.9 Å². The van der Waals surface area contributed by atoms with Crippen LogP contribution in [0.15, 0.2) is 0 Å². The maximum Gasteiger partial charge on any atom is 0.408 e. The Labute approximate surface area is 76.5 Å². The molecule has 0 bridgehead atoms. The highest BCUT2D eigenvalue weighted by Gasteiger charge is 2.15. The Bertz CT molecular complexity index is 255. The number of alkyl carbamates (subject to hydrolysis) is 1. The van der Waals surface area contributed by atoms with E-state index in [1.165, 1.54) is 0 Å². The third-order valence-corrected chi connectivity index (χ3v) is 0.792. The molecule has 4 nitrogen and oxygen atoms in total. The van der Waals surface area contributed by atoms with Gasteiger partial charge in [-0.1, -0.05) is 0 Å². The normalized spacial score (nSPS) is 15.4. The predicted octanol–water partition coefficient (Wildman–Crippen LogP) is 1.10. The van der Waals surface area contributed by atoms with Crippen LogP contribution in [0.25, 0.3) is 0 Å². The van der Waals surface area contributed by atoms with Crippen molar-refractivity contribution in [2.45, 2.75) is 33.2 Å². The zero-order valence-corrected chi connectivity index (χ0v) is 7.43. The largest absolute Gasteiger partial charge is 0.444 e. The smallest absolute Gasteiger partial charge is 0.408 e. The van der Waals surface area contributed by atoms with Gasteiger partial charge in [0.05, 0.1) is 6.54 Å². The molecule has 0 radical (unpaired) electrons. The van der Waals surface area contributed by atoms with Crippen LogP contribution in [0.1, 0.15) is 31.7 Å². The van der Waals surface area contributed by atoms with Crippen LogP contribution < -0.4 is 5.32 Å². The maximum atomic E-state index is 11.0.